The first-order valence-electron chi connectivity index (χ1n) is 8.56. The second-order valence-corrected chi connectivity index (χ2v) is 7.29. The van der Waals surface area contributed by atoms with Crippen LogP contribution in [0.3, 0.4) is 0 Å². The molecule has 1 atom stereocenters. The van der Waals surface area contributed by atoms with Crippen molar-refractivity contribution in [2.75, 3.05) is 12.4 Å². The summed E-state index contributed by atoms with van der Waals surface area (Å²) in [7, 11) is -3.93. The zero-order chi connectivity index (χ0) is 16.0. The predicted molar refractivity (Wildman–Crippen MR) is 88.3 cm³/mol. The molecule has 0 heterocycles. The maximum Gasteiger partial charge on any atom is 0.267 e. The van der Waals surface area contributed by atoms with E-state index in [1.807, 2.05) is 6.92 Å². The molecule has 0 spiro atoms. The number of ether oxygens (including phenoxy) is 1. The Hall–Kier alpha value is -0.130. The van der Waals surface area contributed by atoms with Crippen LogP contribution in [0.1, 0.15) is 84.5 Å². The van der Waals surface area contributed by atoms with E-state index in [9.17, 15) is 8.42 Å². The van der Waals surface area contributed by atoms with Crippen LogP contribution in [0.15, 0.2) is 0 Å². The third-order valence-corrected chi connectivity index (χ3v) is 4.47. The fourth-order valence-electron chi connectivity index (χ4n) is 2.54. The van der Waals surface area contributed by atoms with Gasteiger partial charge in [-0.15, -0.1) is 0 Å². The van der Waals surface area contributed by atoms with E-state index in [1.165, 1.54) is 51.4 Å². The number of unbranched alkanes of at least 4 members (excludes halogenated alkanes) is 9. The van der Waals surface area contributed by atoms with E-state index in [0.29, 0.717) is 13.0 Å². The Morgan fingerprint density at radius 3 is 1.76 bits per heavy atom. The van der Waals surface area contributed by atoms with Crippen LogP contribution in [0.2, 0.25) is 0 Å². The standard InChI is InChI=1S/C16H34O4S/c1-3-5-6-7-8-9-10-11-12-13-14-16(20-4-2)15-21(17,18)19/h16H,3-15H2,1-2H3,(H,17,18,19). The second kappa shape index (κ2) is 13.5. The van der Waals surface area contributed by atoms with Gasteiger partial charge in [0.15, 0.2) is 0 Å². The molecule has 128 valence electrons. The number of hydrogen-bond acceptors (Lipinski definition) is 3. The largest absolute Gasteiger partial charge is 0.377 e. The molecule has 0 aliphatic rings. The average molecular weight is 323 g/mol. The molecule has 0 bridgehead atoms. The maximum atomic E-state index is 10.9. The molecule has 0 fully saturated rings. The highest BCUT2D eigenvalue weighted by Gasteiger charge is 2.16. The minimum atomic E-state index is -3.93. The van der Waals surface area contributed by atoms with Gasteiger partial charge in [-0.25, -0.2) is 0 Å². The number of hydrogen-bond donors (Lipinski definition) is 1. The van der Waals surface area contributed by atoms with E-state index in [0.717, 1.165) is 12.8 Å². The van der Waals surface area contributed by atoms with Gasteiger partial charge in [0, 0.05) is 6.61 Å². The lowest BCUT2D eigenvalue weighted by atomic mass is 10.0. The summed E-state index contributed by atoms with van der Waals surface area (Å²) in [5.74, 6) is -0.279. The minimum Gasteiger partial charge on any atom is -0.377 e. The first-order valence-corrected chi connectivity index (χ1v) is 10.2. The molecule has 0 rings (SSSR count). The number of rotatable bonds is 15. The highest BCUT2D eigenvalue weighted by Crippen LogP contribution is 2.13. The van der Waals surface area contributed by atoms with Crippen LogP contribution in [0.4, 0.5) is 0 Å². The van der Waals surface area contributed by atoms with Crippen LogP contribution in [0.5, 0.6) is 0 Å². The monoisotopic (exact) mass is 322 g/mol. The summed E-state index contributed by atoms with van der Waals surface area (Å²) >= 11 is 0. The Morgan fingerprint density at radius 2 is 1.33 bits per heavy atom. The molecule has 0 amide bonds. The third-order valence-electron chi connectivity index (χ3n) is 3.68. The molecule has 0 aromatic heterocycles. The van der Waals surface area contributed by atoms with E-state index < -0.39 is 10.1 Å². The summed E-state index contributed by atoms with van der Waals surface area (Å²) in [6.45, 7) is 4.56. The topological polar surface area (TPSA) is 63.6 Å². The first-order chi connectivity index (χ1) is 9.99. The van der Waals surface area contributed by atoms with Gasteiger partial charge in [0.05, 0.1) is 6.10 Å². The molecule has 0 radical (unpaired) electrons. The Kier molecular flexibility index (Phi) is 13.4. The molecule has 21 heavy (non-hydrogen) atoms. The Balaban J connectivity index is 3.50. The molecule has 0 aliphatic heterocycles. The van der Waals surface area contributed by atoms with E-state index in [1.54, 1.807) is 0 Å². The van der Waals surface area contributed by atoms with Crippen molar-refractivity contribution in [2.45, 2.75) is 90.6 Å². The van der Waals surface area contributed by atoms with Crippen molar-refractivity contribution < 1.29 is 17.7 Å². The molecule has 0 aromatic carbocycles. The van der Waals surface area contributed by atoms with E-state index in [4.69, 9.17) is 9.29 Å². The smallest absolute Gasteiger partial charge is 0.267 e. The van der Waals surface area contributed by atoms with Crippen LogP contribution in [0, 0.1) is 0 Å². The van der Waals surface area contributed by atoms with Gasteiger partial charge in [-0.05, 0) is 13.3 Å². The molecule has 5 heteroatoms. The predicted octanol–water partition coefficient (Wildman–Crippen LogP) is 4.59. The molecule has 4 nitrogen and oxygen atoms in total. The molecule has 1 unspecified atom stereocenters. The highest BCUT2D eigenvalue weighted by atomic mass is 32.2. The van der Waals surface area contributed by atoms with Crippen molar-refractivity contribution in [1.29, 1.82) is 0 Å². The van der Waals surface area contributed by atoms with Crippen molar-refractivity contribution in [2.24, 2.45) is 0 Å². The van der Waals surface area contributed by atoms with E-state index in [-0.39, 0.29) is 11.9 Å². The summed E-state index contributed by atoms with van der Waals surface area (Å²) in [5, 5.41) is 0. The Labute approximate surface area is 131 Å². The lowest BCUT2D eigenvalue weighted by molar-refractivity contribution is 0.0694. The summed E-state index contributed by atoms with van der Waals surface area (Å²) in [5.41, 5.74) is 0. The van der Waals surface area contributed by atoms with Crippen molar-refractivity contribution in [1.82, 2.24) is 0 Å². The van der Waals surface area contributed by atoms with Gasteiger partial charge < -0.3 is 4.74 Å². The Bertz CT molecular complexity index is 314. The Morgan fingerprint density at radius 1 is 0.857 bits per heavy atom. The molecular formula is C16H34O4S. The molecule has 0 saturated heterocycles. The maximum absolute atomic E-state index is 10.9. The van der Waals surface area contributed by atoms with Gasteiger partial charge in [-0.3, -0.25) is 4.55 Å². The van der Waals surface area contributed by atoms with Crippen LogP contribution in [-0.4, -0.2) is 31.4 Å². The van der Waals surface area contributed by atoms with Gasteiger partial charge in [0.1, 0.15) is 5.75 Å². The second-order valence-electron chi connectivity index (χ2n) is 5.80. The van der Waals surface area contributed by atoms with Crippen molar-refractivity contribution in [3.8, 4) is 0 Å². The van der Waals surface area contributed by atoms with Gasteiger partial charge in [-0.1, -0.05) is 71.1 Å². The van der Waals surface area contributed by atoms with E-state index >= 15 is 0 Å². The zero-order valence-electron chi connectivity index (χ0n) is 13.8. The quantitative estimate of drug-likeness (QED) is 0.354. The molecule has 0 aliphatic carbocycles. The minimum absolute atomic E-state index is 0.279. The molecule has 0 aromatic rings. The summed E-state index contributed by atoms with van der Waals surface area (Å²) in [4.78, 5) is 0. The van der Waals surface area contributed by atoms with E-state index in [2.05, 4.69) is 6.92 Å². The summed E-state index contributed by atoms with van der Waals surface area (Å²) in [6.07, 6.45) is 12.9. The molecular weight excluding hydrogens is 288 g/mol. The van der Waals surface area contributed by atoms with Crippen molar-refractivity contribution in [3.05, 3.63) is 0 Å². The van der Waals surface area contributed by atoms with Gasteiger partial charge in [0.2, 0.25) is 0 Å². The first kappa shape index (κ1) is 20.9. The normalized spacial score (nSPS) is 13.5. The van der Waals surface area contributed by atoms with Crippen molar-refractivity contribution >= 4 is 10.1 Å². The van der Waals surface area contributed by atoms with Crippen LogP contribution >= 0.6 is 0 Å². The lowest BCUT2D eigenvalue weighted by Gasteiger charge is -2.15. The highest BCUT2D eigenvalue weighted by molar-refractivity contribution is 7.85. The summed E-state index contributed by atoms with van der Waals surface area (Å²) < 4.78 is 36.0. The fourth-order valence-corrected chi connectivity index (χ4v) is 3.28. The van der Waals surface area contributed by atoms with Gasteiger partial charge in [0.25, 0.3) is 10.1 Å². The SMILES string of the molecule is CCCCCCCCCCCCC(CS(=O)(=O)O)OCC. The van der Waals surface area contributed by atoms with Crippen molar-refractivity contribution in [3.63, 3.8) is 0 Å². The zero-order valence-corrected chi connectivity index (χ0v) is 14.7. The van der Waals surface area contributed by atoms with Gasteiger partial charge >= 0.3 is 0 Å². The molecule has 0 saturated carbocycles. The van der Waals surface area contributed by atoms with Crippen LogP contribution < -0.4 is 0 Å². The van der Waals surface area contributed by atoms with Crippen LogP contribution in [-0.2, 0) is 14.9 Å². The summed E-state index contributed by atoms with van der Waals surface area (Å²) in [6, 6.07) is 0. The van der Waals surface area contributed by atoms with Gasteiger partial charge in [-0.2, -0.15) is 8.42 Å². The fraction of sp³-hybridized carbons (Fsp3) is 1.00. The molecule has 1 N–H and O–H groups in total. The van der Waals surface area contributed by atoms with Crippen LogP contribution in [0.25, 0.3) is 0 Å². The lowest BCUT2D eigenvalue weighted by Crippen LogP contribution is -2.23. The third kappa shape index (κ3) is 16.1. The average Bonchev–Trinajstić information content (AvgIpc) is 2.39.